The van der Waals surface area contributed by atoms with Crippen LogP contribution in [0.15, 0.2) is 30.5 Å². The number of phenolic OH excluding ortho intramolecular Hbond substituents is 1. The molecule has 4 aromatic rings. The Bertz CT molecular complexity index is 1930. The Labute approximate surface area is 269 Å². The van der Waals surface area contributed by atoms with E-state index >= 15 is 4.39 Å². The number of aromatic nitrogens is 3. The molecule has 5 aliphatic rings. The second-order valence-corrected chi connectivity index (χ2v) is 13.9. The Morgan fingerprint density at radius 1 is 1.09 bits per heavy atom. The zero-order valence-corrected chi connectivity index (χ0v) is 26.2. The highest BCUT2D eigenvalue weighted by Gasteiger charge is 2.68. The van der Waals surface area contributed by atoms with Crippen LogP contribution in [-0.2, 0) is 15.9 Å². The molecule has 0 radical (unpaired) electrons. The third-order valence-electron chi connectivity index (χ3n) is 11.4. The van der Waals surface area contributed by atoms with Crippen LogP contribution in [0.5, 0.6) is 11.8 Å². The van der Waals surface area contributed by atoms with Crippen molar-refractivity contribution in [1.29, 1.82) is 0 Å². The molecule has 0 amide bonds. The zero-order chi connectivity index (χ0) is 32.1. The Kier molecular flexibility index (Phi) is 6.49. The minimum Gasteiger partial charge on any atom is -0.508 e. The summed E-state index contributed by atoms with van der Waals surface area (Å²) in [4.78, 5) is 18.1. The number of nitrogens with zero attached hydrogens (tertiary/aromatic N) is 5. The molecule has 47 heavy (non-hydrogen) atoms. The first-order valence-electron chi connectivity index (χ1n) is 16.6. The summed E-state index contributed by atoms with van der Waals surface area (Å²) in [5.74, 6) is -1.31. The molecule has 12 heteroatoms. The van der Waals surface area contributed by atoms with Crippen LogP contribution in [0.25, 0.3) is 32.9 Å². The summed E-state index contributed by atoms with van der Waals surface area (Å²) in [6, 6.07) is 5.87. The predicted octanol–water partition coefficient (Wildman–Crippen LogP) is 5.69. The van der Waals surface area contributed by atoms with Gasteiger partial charge in [0.15, 0.2) is 11.6 Å². The molecule has 0 bridgehead atoms. The van der Waals surface area contributed by atoms with Crippen LogP contribution >= 0.6 is 0 Å². The van der Waals surface area contributed by atoms with Crippen molar-refractivity contribution in [1.82, 2.24) is 19.9 Å². The third kappa shape index (κ3) is 4.23. The molecule has 4 aliphatic heterocycles. The Balaban J connectivity index is 1.15. The maximum absolute atomic E-state index is 16.9. The molecule has 9 nitrogen and oxygen atoms in total. The van der Waals surface area contributed by atoms with E-state index in [2.05, 4.69) is 19.8 Å². The first-order valence-corrected chi connectivity index (χ1v) is 16.6. The Morgan fingerprint density at radius 3 is 2.68 bits per heavy atom. The maximum Gasteiger partial charge on any atom is 0.319 e. The van der Waals surface area contributed by atoms with E-state index in [9.17, 15) is 13.9 Å². The number of halogens is 3. The lowest BCUT2D eigenvalue weighted by atomic mass is 9.58. The molecule has 4 saturated heterocycles. The number of hydrogen-bond donors (Lipinski definition) is 1. The smallest absolute Gasteiger partial charge is 0.319 e. The van der Waals surface area contributed by atoms with E-state index in [-0.39, 0.29) is 40.6 Å². The van der Waals surface area contributed by atoms with Crippen molar-refractivity contribution in [2.24, 2.45) is 5.41 Å². The van der Waals surface area contributed by atoms with E-state index in [4.69, 9.17) is 19.2 Å². The molecule has 2 aromatic carbocycles. The molecule has 6 heterocycles. The largest absolute Gasteiger partial charge is 0.508 e. The van der Waals surface area contributed by atoms with Gasteiger partial charge >= 0.3 is 6.01 Å². The normalized spacial score (nSPS) is 26.0. The number of alkyl halides is 1. The minimum atomic E-state index is -0.917. The number of aryl methyl sites for hydroxylation is 1. The molecular weight excluding hydrogens is 611 g/mol. The molecule has 2 spiro atoms. The van der Waals surface area contributed by atoms with Crippen molar-refractivity contribution in [3.8, 4) is 23.0 Å². The topological polar surface area (TPSA) is 93.1 Å². The highest BCUT2D eigenvalue weighted by atomic mass is 19.1. The van der Waals surface area contributed by atoms with Crippen LogP contribution in [0.4, 0.5) is 19.0 Å². The van der Waals surface area contributed by atoms with Crippen LogP contribution in [-0.4, -0.2) is 88.5 Å². The van der Waals surface area contributed by atoms with Gasteiger partial charge in [-0.2, -0.15) is 9.97 Å². The summed E-state index contributed by atoms with van der Waals surface area (Å²) < 4.78 is 64.8. The number of rotatable bonds is 6. The molecule has 0 unspecified atom stereocenters. The average Bonchev–Trinajstić information content (AvgIpc) is 3.75. The predicted molar refractivity (Wildman–Crippen MR) is 168 cm³/mol. The number of ether oxygens (including phenoxy) is 3. The lowest BCUT2D eigenvalue weighted by Gasteiger charge is -2.64. The van der Waals surface area contributed by atoms with Gasteiger partial charge in [0.05, 0.1) is 29.6 Å². The zero-order valence-electron chi connectivity index (χ0n) is 26.2. The van der Waals surface area contributed by atoms with Crippen molar-refractivity contribution in [3.63, 3.8) is 0 Å². The van der Waals surface area contributed by atoms with Gasteiger partial charge in [-0.3, -0.25) is 9.88 Å². The summed E-state index contributed by atoms with van der Waals surface area (Å²) >= 11 is 0. The van der Waals surface area contributed by atoms with Crippen LogP contribution in [0.1, 0.15) is 44.6 Å². The van der Waals surface area contributed by atoms with Crippen molar-refractivity contribution >= 4 is 27.5 Å². The van der Waals surface area contributed by atoms with Crippen molar-refractivity contribution in [2.75, 3.05) is 50.9 Å². The number of hydrogen-bond acceptors (Lipinski definition) is 9. The standard InChI is InChI=1S/C35H36F3N5O4/c1-2-23-26(37)5-4-20-12-22(44)13-24(27(20)23)29-28(38)30-25(15-39-29)31(42-17-33(18-42)7-8-35(33)46-10-11-47-35)41-32(40-30)45-19-34-6-3-9-43(34)16-21(36)14-34/h4-5,12-13,15,21,44H,2-3,6-11,14,16-19H2,1H3/t21-,34+/m1/s1. The Morgan fingerprint density at radius 2 is 1.91 bits per heavy atom. The van der Waals surface area contributed by atoms with Gasteiger partial charge in [-0.05, 0) is 66.8 Å². The lowest BCUT2D eigenvalue weighted by molar-refractivity contribution is -0.305. The highest BCUT2D eigenvalue weighted by molar-refractivity contribution is 6.01. The van der Waals surface area contributed by atoms with Gasteiger partial charge in [0, 0.05) is 44.2 Å². The number of phenols is 1. The fraction of sp³-hybridized carbons (Fsp3) is 0.514. The molecule has 1 aliphatic carbocycles. The molecule has 246 valence electrons. The second kappa shape index (κ2) is 10.4. The summed E-state index contributed by atoms with van der Waals surface area (Å²) in [5.41, 5.74) is 0.0282. The summed E-state index contributed by atoms with van der Waals surface area (Å²) in [6.07, 6.45) is 4.94. The first-order chi connectivity index (χ1) is 22.7. The van der Waals surface area contributed by atoms with Crippen LogP contribution in [0, 0.1) is 17.0 Å². The monoisotopic (exact) mass is 647 g/mol. The molecule has 1 N–H and O–H groups in total. The van der Waals surface area contributed by atoms with Gasteiger partial charge < -0.3 is 24.2 Å². The summed E-state index contributed by atoms with van der Waals surface area (Å²) in [6.45, 7) is 5.59. The average molecular weight is 648 g/mol. The van der Waals surface area contributed by atoms with E-state index in [1.807, 2.05) is 6.92 Å². The SMILES string of the molecule is CCc1c(F)ccc2cc(O)cc(-c3ncc4c(N5CC6(CCC67OCCO7)C5)nc(OC[C@@]56CCCN5C[C@H](F)C6)nc4c3F)c12. The van der Waals surface area contributed by atoms with Crippen LogP contribution in [0.2, 0.25) is 0 Å². The molecular formula is C35H36F3N5O4. The number of fused-ring (bicyclic) bond motifs is 4. The number of anilines is 1. The lowest BCUT2D eigenvalue weighted by Crippen LogP contribution is -2.74. The summed E-state index contributed by atoms with van der Waals surface area (Å²) in [7, 11) is 0. The number of pyridine rings is 1. The third-order valence-corrected chi connectivity index (χ3v) is 11.4. The molecule has 1 saturated carbocycles. The van der Waals surface area contributed by atoms with Crippen LogP contribution < -0.4 is 9.64 Å². The van der Waals surface area contributed by atoms with Crippen LogP contribution in [0.3, 0.4) is 0 Å². The quantitative estimate of drug-likeness (QED) is 0.283. The van der Waals surface area contributed by atoms with Gasteiger partial charge in [-0.1, -0.05) is 13.0 Å². The molecule has 2 atom stereocenters. The molecule has 9 rings (SSSR count). The maximum atomic E-state index is 16.9. The first kappa shape index (κ1) is 29.4. The van der Waals surface area contributed by atoms with E-state index in [0.29, 0.717) is 73.2 Å². The highest BCUT2D eigenvalue weighted by Crippen LogP contribution is 2.60. The van der Waals surface area contributed by atoms with Gasteiger partial charge in [-0.15, -0.1) is 0 Å². The fourth-order valence-electron chi connectivity index (χ4n) is 9.02. The minimum absolute atomic E-state index is 0.00535. The molecule has 5 fully saturated rings. The van der Waals surface area contributed by atoms with Gasteiger partial charge in [0.1, 0.15) is 41.4 Å². The van der Waals surface area contributed by atoms with E-state index < -0.39 is 29.1 Å². The van der Waals surface area contributed by atoms with Gasteiger partial charge in [-0.25, -0.2) is 13.2 Å². The van der Waals surface area contributed by atoms with Gasteiger partial charge in [0.2, 0.25) is 0 Å². The van der Waals surface area contributed by atoms with Gasteiger partial charge in [0.25, 0.3) is 0 Å². The van der Waals surface area contributed by atoms with E-state index in [1.54, 1.807) is 12.3 Å². The second-order valence-electron chi connectivity index (χ2n) is 13.9. The van der Waals surface area contributed by atoms with Crippen molar-refractivity contribution in [2.45, 2.75) is 62.9 Å². The van der Waals surface area contributed by atoms with E-state index in [1.165, 1.54) is 18.2 Å². The Hall–Kier alpha value is -3.74. The number of benzene rings is 2. The molecule has 2 aromatic heterocycles. The fourth-order valence-corrected chi connectivity index (χ4v) is 9.02. The van der Waals surface area contributed by atoms with Crippen molar-refractivity contribution < 1.29 is 32.5 Å². The van der Waals surface area contributed by atoms with Crippen molar-refractivity contribution in [3.05, 3.63) is 47.7 Å². The van der Waals surface area contributed by atoms with E-state index in [0.717, 1.165) is 32.2 Å². The summed E-state index contributed by atoms with van der Waals surface area (Å²) in [5, 5.41) is 12.1. The number of aromatic hydroxyl groups is 1.